The van der Waals surface area contributed by atoms with Crippen LogP contribution in [0.25, 0.3) is 0 Å². The summed E-state index contributed by atoms with van der Waals surface area (Å²) in [6.45, 7) is 0.171. The molecule has 0 bridgehead atoms. The summed E-state index contributed by atoms with van der Waals surface area (Å²) in [6, 6.07) is 9.19. The van der Waals surface area contributed by atoms with Crippen LogP contribution in [-0.2, 0) is 20.9 Å². The predicted molar refractivity (Wildman–Crippen MR) is 64.7 cm³/mol. The van der Waals surface area contributed by atoms with Gasteiger partial charge in [0.2, 0.25) is 0 Å². The van der Waals surface area contributed by atoms with E-state index in [4.69, 9.17) is 4.74 Å². The average Bonchev–Trinajstić information content (AvgIpc) is 2.40. The standard InChI is InChI=1S/C14H15F3O3/c15-12(16)13(17)20-11-6-10(7-11)14(18)19-8-9-4-2-1-3-5-9/h1-5,10-13H,6-8H2. The molecule has 1 aliphatic carbocycles. The molecule has 0 aromatic heterocycles. The molecule has 1 unspecified atom stereocenters. The molecule has 20 heavy (non-hydrogen) atoms. The summed E-state index contributed by atoms with van der Waals surface area (Å²) < 4.78 is 46.0. The Balaban J connectivity index is 1.66. The predicted octanol–water partition coefficient (Wildman–Crippen LogP) is 3.09. The highest BCUT2D eigenvalue weighted by Gasteiger charge is 2.39. The van der Waals surface area contributed by atoms with E-state index in [2.05, 4.69) is 4.74 Å². The van der Waals surface area contributed by atoms with Crippen molar-refractivity contribution in [3.63, 3.8) is 0 Å². The van der Waals surface area contributed by atoms with Gasteiger partial charge in [0.1, 0.15) is 6.61 Å². The van der Waals surface area contributed by atoms with Crippen molar-refractivity contribution in [3.05, 3.63) is 35.9 Å². The van der Waals surface area contributed by atoms with Gasteiger partial charge in [0.05, 0.1) is 12.0 Å². The summed E-state index contributed by atoms with van der Waals surface area (Å²) >= 11 is 0. The number of halogens is 3. The summed E-state index contributed by atoms with van der Waals surface area (Å²) in [6.07, 6.45) is -5.92. The molecule has 0 spiro atoms. The summed E-state index contributed by atoms with van der Waals surface area (Å²) in [5.74, 6) is -0.797. The summed E-state index contributed by atoms with van der Waals surface area (Å²) in [7, 11) is 0. The number of alkyl halides is 3. The van der Waals surface area contributed by atoms with Crippen molar-refractivity contribution < 1.29 is 27.4 Å². The van der Waals surface area contributed by atoms with Crippen LogP contribution in [-0.4, -0.2) is 24.9 Å². The second kappa shape index (κ2) is 6.74. The van der Waals surface area contributed by atoms with Crippen molar-refractivity contribution in [1.82, 2.24) is 0 Å². The maximum Gasteiger partial charge on any atom is 0.309 e. The van der Waals surface area contributed by atoms with E-state index in [0.717, 1.165) is 5.56 Å². The van der Waals surface area contributed by atoms with Crippen LogP contribution >= 0.6 is 0 Å². The number of carbonyl (C=O) groups excluding carboxylic acids is 1. The van der Waals surface area contributed by atoms with Gasteiger partial charge in [0.25, 0.3) is 12.8 Å². The van der Waals surface area contributed by atoms with Gasteiger partial charge < -0.3 is 9.47 Å². The van der Waals surface area contributed by atoms with Gasteiger partial charge in [-0.3, -0.25) is 4.79 Å². The Kier molecular flexibility index (Phi) is 5.00. The van der Waals surface area contributed by atoms with E-state index < -0.39 is 30.8 Å². The van der Waals surface area contributed by atoms with Crippen LogP contribution in [0.1, 0.15) is 18.4 Å². The Morgan fingerprint density at radius 1 is 1.20 bits per heavy atom. The van der Waals surface area contributed by atoms with Crippen molar-refractivity contribution in [2.75, 3.05) is 0 Å². The molecule has 1 aliphatic rings. The van der Waals surface area contributed by atoms with E-state index >= 15 is 0 Å². The summed E-state index contributed by atoms with van der Waals surface area (Å²) in [5, 5.41) is 0. The Hall–Kier alpha value is -1.56. The largest absolute Gasteiger partial charge is 0.461 e. The van der Waals surface area contributed by atoms with Crippen molar-refractivity contribution in [3.8, 4) is 0 Å². The van der Waals surface area contributed by atoms with Crippen LogP contribution in [0.5, 0.6) is 0 Å². The van der Waals surface area contributed by atoms with Crippen LogP contribution in [0.3, 0.4) is 0 Å². The number of rotatable bonds is 6. The number of carbonyl (C=O) groups is 1. The Morgan fingerprint density at radius 2 is 1.85 bits per heavy atom. The van der Waals surface area contributed by atoms with Gasteiger partial charge in [0, 0.05) is 0 Å². The third-order valence-corrected chi connectivity index (χ3v) is 3.17. The van der Waals surface area contributed by atoms with Gasteiger partial charge in [-0.15, -0.1) is 0 Å². The van der Waals surface area contributed by atoms with E-state index in [1.165, 1.54) is 0 Å². The molecule has 1 fully saturated rings. The van der Waals surface area contributed by atoms with Crippen LogP contribution in [0.4, 0.5) is 13.2 Å². The average molecular weight is 288 g/mol. The van der Waals surface area contributed by atoms with Crippen molar-refractivity contribution in [2.45, 2.75) is 38.3 Å². The summed E-state index contributed by atoms with van der Waals surface area (Å²) in [5.41, 5.74) is 0.870. The SMILES string of the molecule is O=C(OCc1ccccc1)C1CC(OC(F)C(F)F)C1. The fourth-order valence-electron chi connectivity index (χ4n) is 1.96. The first kappa shape index (κ1) is 14.8. The van der Waals surface area contributed by atoms with Gasteiger partial charge in [-0.25, -0.2) is 13.2 Å². The van der Waals surface area contributed by atoms with Gasteiger partial charge in [-0.1, -0.05) is 30.3 Å². The smallest absolute Gasteiger partial charge is 0.309 e. The lowest BCUT2D eigenvalue weighted by Gasteiger charge is -2.33. The Bertz CT molecular complexity index is 433. The molecule has 0 heterocycles. The van der Waals surface area contributed by atoms with E-state index in [1.54, 1.807) is 0 Å². The highest BCUT2D eigenvalue weighted by Crippen LogP contribution is 2.33. The first-order valence-corrected chi connectivity index (χ1v) is 6.34. The minimum atomic E-state index is -3.15. The minimum absolute atomic E-state index is 0.171. The maximum absolute atomic E-state index is 12.6. The normalized spacial score (nSPS) is 23.2. The fraction of sp³-hybridized carbons (Fsp3) is 0.500. The van der Waals surface area contributed by atoms with Crippen molar-refractivity contribution in [2.24, 2.45) is 5.92 Å². The molecule has 0 N–H and O–H groups in total. The molecule has 2 rings (SSSR count). The first-order chi connectivity index (χ1) is 9.56. The topological polar surface area (TPSA) is 35.5 Å². The van der Waals surface area contributed by atoms with Crippen LogP contribution in [0.2, 0.25) is 0 Å². The second-order valence-corrected chi connectivity index (χ2v) is 4.71. The number of hydrogen-bond donors (Lipinski definition) is 0. The fourth-order valence-corrected chi connectivity index (χ4v) is 1.96. The lowest BCUT2D eigenvalue weighted by Crippen LogP contribution is -2.39. The molecular formula is C14H15F3O3. The van der Waals surface area contributed by atoms with E-state index in [-0.39, 0.29) is 19.4 Å². The lowest BCUT2D eigenvalue weighted by molar-refractivity contribution is -0.192. The zero-order chi connectivity index (χ0) is 14.5. The van der Waals surface area contributed by atoms with E-state index in [9.17, 15) is 18.0 Å². The molecule has 3 nitrogen and oxygen atoms in total. The zero-order valence-electron chi connectivity index (χ0n) is 10.7. The van der Waals surface area contributed by atoms with Gasteiger partial charge >= 0.3 is 5.97 Å². The Labute approximate surface area is 114 Å². The molecule has 0 radical (unpaired) electrons. The summed E-state index contributed by atoms with van der Waals surface area (Å²) in [4.78, 5) is 11.6. The molecule has 6 heteroatoms. The molecular weight excluding hydrogens is 273 g/mol. The third-order valence-electron chi connectivity index (χ3n) is 3.17. The quantitative estimate of drug-likeness (QED) is 0.755. The molecule has 1 aromatic rings. The monoisotopic (exact) mass is 288 g/mol. The maximum atomic E-state index is 12.6. The molecule has 1 aromatic carbocycles. The molecule has 110 valence electrons. The molecule has 0 saturated heterocycles. The van der Waals surface area contributed by atoms with E-state index in [0.29, 0.717) is 0 Å². The molecule has 1 atom stereocenters. The number of ether oxygens (including phenoxy) is 2. The Morgan fingerprint density at radius 3 is 2.45 bits per heavy atom. The zero-order valence-corrected chi connectivity index (χ0v) is 10.7. The first-order valence-electron chi connectivity index (χ1n) is 6.34. The van der Waals surface area contributed by atoms with Crippen LogP contribution in [0, 0.1) is 5.92 Å². The number of esters is 1. The highest BCUT2D eigenvalue weighted by atomic mass is 19.3. The second-order valence-electron chi connectivity index (χ2n) is 4.71. The molecule has 0 aliphatic heterocycles. The van der Waals surface area contributed by atoms with Crippen molar-refractivity contribution >= 4 is 5.97 Å². The van der Waals surface area contributed by atoms with Crippen molar-refractivity contribution in [1.29, 1.82) is 0 Å². The highest BCUT2D eigenvalue weighted by molar-refractivity contribution is 5.73. The number of hydrogen-bond acceptors (Lipinski definition) is 3. The van der Waals surface area contributed by atoms with Gasteiger partial charge in [0.15, 0.2) is 0 Å². The third kappa shape index (κ3) is 3.96. The van der Waals surface area contributed by atoms with Crippen LogP contribution in [0.15, 0.2) is 30.3 Å². The van der Waals surface area contributed by atoms with Crippen LogP contribution < -0.4 is 0 Å². The van der Waals surface area contributed by atoms with Gasteiger partial charge in [-0.05, 0) is 18.4 Å². The lowest BCUT2D eigenvalue weighted by atomic mass is 9.82. The molecule has 0 amide bonds. The molecule has 1 saturated carbocycles. The van der Waals surface area contributed by atoms with E-state index in [1.807, 2.05) is 30.3 Å². The minimum Gasteiger partial charge on any atom is -0.461 e. The number of benzene rings is 1. The van der Waals surface area contributed by atoms with Gasteiger partial charge in [-0.2, -0.15) is 0 Å².